The number of hydrogen-bond donors (Lipinski definition) is 3. The van der Waals surface area contributed by atoms with Gasteiger partial charge in [0.2, 0.25) is 0 Å². The predicted octanol–water partition coefficient (Wildman–Crippen LogP) is 6.39. The second-order valence-corrected chi connectivity index (χ2v) is 10.4. The van der Waals surface area contributed by atoms with Crippen molar-refractivity contribution in [3.8, 4) is 0 Å². The van der Waals surface area contributed by atoms with E-state index in [1.807, 2.05) is 17.4 Å². The van der Waals surface area contributed by atoms with E-state index in [2.05, 4.69) is 118 Å². The first kappa shape index (κ1) is 20.4. The normalized spacial score (nSPS) is 21.9. The molecule has 8 rings (SSSR count). The summed E-state index contributed by atoms with van der Waals surface area (Å²) < 4.78 is 5.06. The Morgan fingerprint density at radius 2 is 1.44 bits per heavy atom. The number of thiophene rings is 1. The average Bonchev–Trinajstić information content (AvgIpc) is 3.72. The lowest BCUT2D eigenvalue weighted by Gasteiger charge is -2.14. The third-order valence-electron chi connectivity index (χ3n) is 7.33. The molecule has 4 heterocycles. The number of rotatable bonds is 3. The van der Waals surface area contributed by atoms with Gasteiger partial charge in [0.1, 0.15) is 12.3 Å². The maximum absolute atomic E-state index is 5.21. The molecule has 2 aromatic heterocycles. The largest absolute Gasteiger partial charge is 0.313 e. The van der Waals surface area contributed by atoms with E-state index < -0.39 is 0 Å². The fourth-order valence-corrected chi connectivity index (χ4v) is 6.92. The monoisotopic (exact) mass is 485 g/mol. The van der Waals surface area contributed by atoms with Gasteiger partial charge in [0.15, 0.2) is 0 Å². The summed E-state index contributed by atoms with van der Waals surface area (Å²) >= 11 is 1.88. The van der Waals surface area contributed by atoms with E-state index in [-0.39, 0.29) is 18.5 Å². The minimum Gasteiger partial charge on any atom is -0.313 e. The maximum atomic E-state index is 5.21. The van der Waals surface area contributed by atoms with Crippen LogP contribution in [0.15, 0.2) is 108 Å². The third-order valence-corrected chi connectivity index (χ3v) is 8.53. The van der Waals surface area contributed by atoms with Crippen LogP contribution in [0.1, 0.15) is 17.9 Å². The van der Waals surface area contributed by atoms with Crippen molar-refractivity contribution in [1.82, 2.24) is 20.7 Å². The lowest BCUT2D eigenvalue weighted by molar-refractivity contribution is 0.555. The smallest absolute Gasteiger partial charge is 0.145 e. The number of para-hydroxylation sites is 1. The van der Waals surface area contributed by atoms with Gasteiger partial charge < -0.3 is 4.57 Å². The second-order valence-electron chi connectivity index (χ2n) is 9.38. The summed E-state index contributed by atoms with van der Waals surface area (Å²) in [5.41, 5.74) is 11.4. The van der Waals surface area contributed by atoms with Crippen molar-refractivity contribution in [1.29, 1.82) is 0 Å². The van der Waals surface area contributed by atoms with Gasteiger partial charge in [0.05, 0.1) is 27.6 Å². The van der Waals surface area contributed by atoms with E-state index in [0.29, 0.717) is 0 Å². The second kappa shape index (κ2) is 7.85. The number of fused-ring (bicyclic) bond motifs is 7. The van der Waals surface area contributed by atoms with Gasteiger partial charge in [0, 0.05) is 26.2 Å². The van der Waals surface area contributed by atoms with Crippen LogP contribution in [-0.4, -0.2) is 16.4 Å². The SMILES string of the molecule is C1=CC(n2c3ccccc3c3ccc4c5ccccc5sc4c32)N=C1C1NNC(c2ccccc2)N1. The van der Waals surface area contributed by atoms with E-state index in [1.165, 1.54) is 47.5 Å². The molecule has 0 amide bonds. The Morgan fingerprint density at radius 1 is 0.694 bits per heavy atom. The molecule has 6 heteroatoms. The van der Waals surface area contributed by atoms with Crippen LogP contribution < -0.4 is 16.2 Å². The van der Waals surface area contributed by atoms with Gasteiger partial charge in [-0.15, -0.1) is 11.3 Å². The van der Waals surface area contributed by atoms with Crippen LogP contribution >= 0.6 is 11.3 Å². The number of aliphatic imine (C=N–C) groups is 1. The van der Waals surface area contributed by atoms with Crippen LogP contribution in [0.5, 0.6) is 0 Å². The highest BCUT2D eigenvalue weighted by atomic mass is 32.1. The van der Waals surface area contributed by atoms with Crippen molar-refractivity contribution < 1.29 is 0 Å². The third kappa shape index (κ3) is 2.96. The van der Waals surface area contributed by atoms with Crippen molar-refractivity contribution in [2.24, 2.45) is 4.99 Å². The fraction of sp³-hybridized carbons (Fsp3) is 0.100. The van der Waals surface area contributed by atoms with Crippen LogP contribution in [0.25, 0.3) is 42.0 Å². The zero-order valence-electron chi connectivity index (χ0n) is 19.3. The Kier molecular flexibility index (Phi) is 4.44. The first-order valence-corrected chi connectivity index (χ1v) is 13.1. The molecular weight excluding hydrogens is 462 g/mol. The van der Waals surface area contributed by atoms with Gasteiger partial charge in [-0.25, -0.2) is 10.9 Å². The summed E-state index contributed by atoms with van der Waals surface area (Å²) in [5.74, 6) is 0. The van der Waals surface area contributed by atoms with Crippen LogP contribution in [0.2, 0.25) is 0 Å². The van der Waals surface area contributed by atoms with E-state index in [9.17, 15) is 0 Å². The van der Waals surface area contributed by atoms with Crippen LogP contribution in [0.4, 0.5) is 0 Å². The minimum atomic E-state index is -0.0995. The molecule has 1 saturated heterocycles. The van der Waals surface area contributed by atoms with E-state index in [1.54, 1.807) is 0 Å². The van der Waals surface area contributed by atoms with Gasteiger partial charge in [-0.2, -0.15) is 0 Å². The molecule has 1 fully saturated rings. The molecule has 3 N–H and O–H groups in total. The number of nitrogens with zero attached hydrogens (tertiary/aromatic N) is 2. The predicted molar refractivity (Wildman–Crippen MR) is 150 cm³/mol. The quantitative estimate of drug-likeness (QED) is 0.272. The van der Waals surface area contributed by atoms with Crippen molar-refractivity contribution in [3.63, 3.8) is 0 Å². The molecule has 3 unspecified atom stereocenters. The van der Waals surface area contributed by atoms with Gasteiger partial charge in [-0.05, 0) is 29.8 Å². The standard InChI is InChI=1S/C30H23N5S/c1-2-8-18(9-3-1)29-32-30(34-33-29)23-16-17-26(31-23)35-24-12-6-4-10-19(24)21-14-15-22-20-11-5-7-13-25(20)36-28(22)27(21)35/h1-17,26,29-30,32-34H. The Balaban J connectivity index is 1.26. The highest BCUT2D eigenvalue weighted by molar-refractivity contribution is 7.26. The first-order valence-electron chi connectivity index (χ1n) is 12.3. The van der Waals surface area contributed by atoms with Gasteiger partial charge in [-0.3, -0.25) is 10.3 Å². The Bertz CT molecular complexity index is 1850. The van der Waals surface area contributed by atoms with Crippen LogP contribution in [0, 0.1) is 0 Å². The summed E-state index contributed by atoms with van der Waals surface area (Å²) in [7, 11) is 0. The lowest BCUT2D eigenvalue weighted by Crippen LogP contribution is -2.39. The molecular formula is C30H23N5S. The van der Waals surface area contributed by atoms with E-state index >= 15 is 0 Å². The summed E-state index contributed by atoms with van der Waals surface area (Å²) in [6, 6.07) is 32.4. The maximum Gasteiger partial charge on any atom is 0.145 e. The van der Waals surface area contributed by atoms with Gasteiger partial charge in [-0.1, -0.05) is 78.9 Å². The highest BCUT2D eigenvalue weighted by Crippen LogP contribution is 2.43. The van der Waals surface area contributed by atoms with Crippen LogP contribution in [0.3, 0.4) is 0 Å². The number of nitrogens with one attached hydrogen (secondary N) is 3. The average molecular weight is 486 g/mol. The molecule has 5 nitrogen and oxygen atoms in total. The molecule has 174 valence electrons. The zero-order chi connectivity index (χ0) is 23.6. The molecule has 0 bridgehead atoms. The molecule has 0 aliphatic carbocycles. The van der Waals surface area contributed by atoms with Gasteiger partial charge >= 0.3 is 0 Å². The summed E-state index contributed by atoms with van der Waals surface area (Å²) in [6.45, 7) is 0. The molecule has 2 aliphatic rings. The van der Waals surface area contributed by atoms with E-state index in [0.717, 1.165) is 5.71 Å². The number of hydrogen-bond acceptors (Lipinski definition) is 5. The summed E-state index contributed by atoms with van der Waals surface area (Å²) in [6.07, 6.45) is 4.24. The number of benzene rings is 4. The van der Waals surface area contributed by atoms with Crippen molar-refractivity contribution in [2.75, 3.05) is 0 Å². The fourth-order valence-electron chi connectivity index (χ4n) is 5.68. The minimum absolute atomic E-state index is 0.0396. The molecule has 4 aromatic carbocycles. The molecule has 2 aliphatic heterocycles. The Labute approximate surface area is 211 Å². The number of aromatic nitrogens is 1. The molecule has 0 radical (unpaired) electrons. The van der Waals surface area contributed by atoms with Crippen LogP contribution in [-0.2, 0) is 0 Å². The summed E-state index contributed by atoms with van der Waals surface area (Å²) in [5, 5.41) is 8.81. The van der Waals surface area contributed by atoms with Crippen molar-refractivity contribution in [3.05, 3.63) is 109 Å². The summed E-state index contributed by atoms with van der Waals surface area (Å²) in [4.78, 5) is 5.21. The highest BCUT2D eigenvalue weighted by Gasteiger charge is 2.30. The zero-order valence-corrected chi connectivity index (χ0v) is 20.2. The molecule has 0 saturated carbocycles. The van der Waals surface area contributed by atoms with Gasteiger partial charge in [0.25, 0.3) is 0 Å². The first-order chi connectivity index (χ1) is 17.8. The molecule has 3 atom stereocenters. The Morgan fingerprint density at radius 3 is 2.36 bits per heavy atom. The molecule has 36 heavy (non-hydrogen) atoms. The number of hydrazine groups is 1. The Hall–Kier alpha value is -3.81. The topological polar surface area (TPSA) is 53.4 Å². The molecule has 0 spiro atoms. The van der Waals surface area contributed by atoms with Crippen molar-refractivity contribution in [2.45, 2.75) is 18.5 Å². The van der Waals surface area contributed by atoms with Crippen molar-refractivity contribution >= 4 is 59.0 Å². The van der Waals surface area contributed by atoms with E-state index in [4.69, 9.17) is 4.99 Å². The lowest BCUT2D eigenvalue weighted by atomic mass is 10.1. The molecule has 6 aromatic rings.